The number of halogens is 1. The number of carbonyl (C=O) groups is 2. The Kier molecular flexibility index (Phi) is 2.83. The average Bonchev–Trinajstić information content (AvgIpc) is 2.28. The molecule has 0 saturated carbocycles. The molecule has 1 aromatic carbocycles. The Morgan fingerprint density at radius 3 is 2.56 bits per heavy atom. The highest BCUT2D eigenvalue weighted by atomic mass is 35.5. The average molecular weight is 241 g/mol. The number of hydrogen-bond acceptors (Lipinski definition) is 4. The summed E-state index contributed by atoms with van der Waals surface area (Å²) < 4.78 is 10.7. The first-order chi connectivity index (χ1) is 7.65. The maximum atomic E-state index is 11.4. The van der Waals surface area contributed by atoms with Gasteiger partial charge in [-0.15, -0.1) is 0 Å². The molecule has 1 aliphatic heterocycles. The maximum absolute atomic E-state index is 11.4. The third-order valence-corrected chi connectivity index (χ3v) is 2.61. The Labute approximate surface area is 97.1 Å². The summed E-state index contributed by atoms with van der Waals surface area (Å²) in [6.45, 7) is 2.10. The van der Waals surface area contributed by atoms with Crippen LogP contribution in [0.15, 0.2) is 6.07 Å². The molecular formula is C11H9ClO4. The fraction of sp³-hybridized carbons (Fsp3) is 0.273. The van der Waals surface area contributed by atoms with E-state index in [-0.39, 0.29) is 22.1 Å². The smallest absolute Gasteiger partial charge is 0.174 e. The lowest BCUT2D eigenvalue weighted by molar-refractivity contribution is 0.0998. The Morgan fingerprint density at radius 2 is 2.00 bits per heavy atom. The van der Waals surface area contributed by atoms with Gasteiger partial charge in [-0.25, -0.2) is 0 Å². The summed E-state index contributed by atoms with van der Waals surface area (Å²) in [4.78, 5) is 22.3. The number of benzene rings is 1. The summed E-state index contributed by atoms with van der Waals surface area (Å²) in [5.74, 6) is 0.394. The molecule has 0 atom stereocenters. The van der Waals surface area contributed by atoms with Gasteiger partial charge in [0, 0.05) is 0 Å². The lowest BCUT2D eigenvalue weighted by Crippen LogP contribution is -2.19. The third kappa shape index (κ3) is 1.65. The molecule has 1 aliphatic rings. The molecule has 2 rings (SSSR count). The molecule has 0 bridgehead atoms. The minimum absolute atomic E-state index is 0.180. The summed E-state index contributed by atoms with van der Waals surface area (Å²) in [6, 6.07) is 1.43. The van der Waals surface area contributed by atoms with Gasteiger partial charge in [0.05, 0.1) is 16.1 Å². The highest BCUT2D eigenvalue weighted by Gasteiger charge is 2.24. The van der Waals surface area contributed by atoms with E-state index in [9.17, 15) is 9.59 Å². The molecule has 0 aliphatic carbocycles. The molecule has 0 amide bonds. The molecule has 1 aromatic rings. The first kappa shape index (κ1) is 11.0. The minimum Gasteiger partial charge on any atom is -0.485 e. The maximum Gasteiger partial charge on any atom is 0.174 e. The molecule has 5 heteroatoms. The molecule has 0 radical (unpaired) electrons. The van der Waals surface area contributed by atoms with Crippen molar-refractivity contribution in [2.45, 2.75) is 6.92 Å². The zero-order valence-electron chi connectivity index (χ0n) is 8.58. The zero-order valence-corrected chi connectivity index (χ0v) is 9.34. The van der Waals surface area contributed by atoms with Crippen LogP contribution in [0.25, 0.3) is 0 Å². The number of hydrogen-bond donors (Lipinski definition) is 0. The quantitative estimate of drug-likeness (QED) is 0.587. The van der Waals surface area contributed by atoms with E-state index in [4.69, 9.17) is 21.1 Å². The third-order valence-electron chi connectivity index (χ3n) is 2.30. The topological polar surface area (TPSA) is 52.6 Å². The molecule has 0 unspecified atom stereocenters. The molecule has 0 spiro atoms. The van der Waals surface area contributed by atoms with Crippen molar-refractivity contribution in [3.05, 3.63) is 22.2 Å². The van der Waals surface area contributed by atoms with Crippen LogP contribution in [-0.4, -0.2) is 25.3 Å². The lowest BCUT2D eigenvalue weighted by atomic mass is 10.1. The Hall–Kier alpha value is -1.55. The number of fused-ring (bicyclic) bond motifs is 1. The monoisotopic (exact) mass is 240 g/mol. The fourth-order valence-electron chi connectivity index (χ4n) is 1.57. The SMILES string of the molecule is CC(=O)c1cc(Cl)c(C=O)c2c1OCCO2. The minimum atomic E-state index is -0.180. The second-order valence-corrected chi connectivity index (χ2v) is 3.76. The van der Waals surface area contributed by atoms with Gasteiger partial charge in [-0.2, -0.15) is 0 Å². The molecule has 0 saturated heterocycles. The molecule has 0 aromatic heterocycles. The van der Waals surface area contributed by atoms with Crippen LogP contribution >= 0.6 is 11.6 Å². The van der Waals surface area contributed by atoms with Gasteiger partial charge in [-0.3, -0.25) is 9.59 Å². The number of ether oxygens (including phenoxy) is 2. The highest BCUT2D eigenvalue weighted by Crippen LogP contribution is 2.40. The van der Waals surface area contributed by atoms with E-state index < -0.39 is 0 Å². The van der Waals surface area contributed by atoms with Gasteiger partial charge in [0.2, 0.25) is 0 Å². The van der Waals surface area contributed by atoms with E-state index in [1.165, 1.54) is 13.0 Å². The van der Waals surface area contributed by atoms with E-state index in [2.05, 4.69) is 0 Å². The molecule has 0 N–H and O–H groups in total. The summed E-state index contributed by atoms with van der Waals surface area (Å²) in [6.07, 6.45) is 0.597. The normalized spacial score (nSPS) is 13.4. The number of rotatable bonds is 2. The van der Waals surface area contributed by atoms with E-state index in [0.29, 0.717) is 30.8 Å². The Morgan fingerprint density at radius 1 is 1.38 bits per heavy atom. The van der Waals surface area contributed by atoms with Gasteiger partial charge in [-0.05, 0) is 13.0 Å². The number of carbonyl (C=O) groups excluding carboxylic acids is 2. The van der Waals surface area contributed by atoms with Crippen molar-refractivity contribution < 1.29 is 19.1 Å². The second kappa shape index (κ2) is 4.14. The van der Waals surface area contributed by atoms with Gasteiger partial charge >= 0.3 is 0 Å². The van der Waals surface area contributed by atoms with Crippen LogP contribution < -0.4 is 9.47 Å². The number of ketones is 1. The summed E-state index contributed by atoms with van der Waals surface area (Å²) in [7, 11) is 0. The van der Waals surface area contributed by atoms with Crippen molar-refractivity contribution >= 4 is 23.7 Å². The first-order valence-electron chi connectivity index (χ1n) is 4.73. The fourth-order valence-corrected chi connectivity index (χ4v) is 1.81. The van der Waals surface area contributed by atoms with E-state index in [1.807, 2.05) is 0 Å². The Bertz CT molecular complexity index is 468. The lowest BCUT2D eigenvalue weighted by Gasteiger charge is -2.22. The molecule has 16 heavy (non-hydrogen) atoms. The van der Waals surface area contributed by atoms with Crippen molar-refractivity contribution in [2.24, 2.45) is 0 Å². The van der Waals surface area contributed by atoms with Gasteiger partial charge in [0.1, 0.15) is 13.2 Å². The van der Waals surface area contributed by atoms with Crippen LogP contribution in [0, 0.1) is 0 Å². The van der Waals surface area contributed by atoms with Gasteiger partial charge in [-0.1, -0.05) is 11.6 Å². The van der Waals surface area contributed by atoms with Gasteiger partial charge in [0.25, 0.3) is 0 Å². The van der Waals surface area contributed by atoms with Crippen LogP contribution in [0.3, 0.4) is 0 Å². The van der Waals surface area contributed by atoms with E-state index in [1.54, 1.807) is 0 Å². The van der Waals surface area contributed by atoms with Gasteiger partial charge < -0.3 is 9.47 Å². The molecular weight excluding hydrogens is 232 g/mol. The van der Waals surface area contributed by atoms with Crippen molar-refractivity contribution in [1.29, 1.82) is 0 Å². The summed E-state index contributed by atoms with van der Waals surface area (Å²) in [5, 5.41) is 0.199. The van der Waals surface area contributed by atoms with Crippen molar-refractivity contribution in [1.82, 2.24) is 0 Å². The van der Waals surface area contributed by atoms with Crippen LogP contribution in [0.4, 0.5) is 0 Å². The van der Waals surface area contributed by atoms with E-state index in [0.717, 1.165) is 0 Å². The molecule has 0 fully saturated rings. The predicted molar refractivity (Wildman–Crippen MR) is 57.8 cm³/mol. The van der Waals surface area contributed by atoms with Crippen molar-refractivity contribution in [3.63, 3.8) is 0 Å². The second-order valence-electron chi connectivity index (χ2n) is 3.35. The van der Waals surface area contributed by atoms with E-state index >= 15 is 0 Å². The number of Topliss-reactive ketones (excluding diaryl/α,β-unsaturated/α-hetero) is 1. The molecule has 4 nitrogen and oxygen atoms in total. The zero-order chi connectivity index (χ0) is 11.7. The molecule has 1 heterocycles. The standard InChI is InChI=1S/C11H9ClO4/c1-6(14)7-4-9(12)8(5-13)11-10(7)15-2-3-16-11/h4-5H,2-3H2,1H3. The number of aldehydes is 1. The van der Waals surface area contributed by atoms with Crippen LogP contribution in [0.5, 0.6) is 11.5 Å². The first-order valence-corrected chi connectivity index (χ1v) is 5.11. The largest absolute Gasteiger partial charge is 0.485 e. The predicted octanol–water partition coefficient (Wildman–Crippen LogP) is 2.13. The molecule has 84 valence electrons. The van der Waals surface area contributed by atoms with Crippen LogP contribution in [0.2, 0.25) is 5.02 Å². The van der Waals surface area contributed by atoms with Gasteiger partial charge in [0.15, 0.2) is 23.6 Å². The Balaban J connectivity index is 2.71. The van der Waals surface area contributed by atoms with Crippen molar-refractivity contribution in [2.75, 3.05) is 13.2 Å². The summed E-state index contributed by atoms with van der Waals surface area (Å²) >= 11 is 5.89. The van der Waals surface area contributed by atoms with Crippen LogP contribution in [0.1, 0.15) is 27.6 Å². The summed E-state index contributed by atoms with van der Waals surface area (Å²) in [5.41, 5.74) is 0.562. The van der Waals surface area contributed by atoms with Crippen molar-refractivity contribution in [3.8, 4) is 11.5 Å². The highest BCUT2D eigenvalue weighted by molar-refractivity contribution is 6.34. The van der Waals surface area contributed by atoms with Crippen LogP contribution in [-0.2, 0) is 0 Å².